The second kappa shape index (κ2) is 7.78. The third kappa shape index (κ3) is 3.87. The monoisotopic (exact) mass is 373 g/mol. The smallest absolute Gasteiger partial charge is 0.277 e. The van der Waals surface area contributed by atoms with Crippen molar-refractivity contribution in [3.05, 3.63) is 98.7 Å². The molecule has 0 saturated heterocycles. The van der Waals surface area contributed by atoms with E-state index >= 15 is 0 Å². The minimum absolute atomic E-state index is 0.0927. The Kier molecular flexibility index (Phi) is 5.04. The van der Waals surface area contributed by atoms with E-state index in [0.717, 1.165) is 17.8 Å². The Labute approximate surface area is 163 Å². The van der Waals surface area contributed by atoms with Gasteiger partial charge in [-0.05, 0) is 25.0 Å². The molecule has 0 spiro atoms. The van der Waals surface area contributed by atoms with E-state index in [-0.39, 0.29) is 5.56 Å². The zero-order valence-corrected chi connectivity index (χ0v) is 16.1. The van der Waals surface area contributed by atoms with Crippen molar-refractivity contribution in [2.24, 2.45) is 0 Å². The van der Waals surface area contributed by atoms with Crippen LogP contribution < -0.4 is 10.9 Å². The number of nitrogens with one attached hydrogen (secondary N) is 2. The number of rotatable bonds is 6. The van der Waals surface area contributed by atoms with Gasteiger partial charge in [0.25, 0.3) is 11.3 Å². The van der Waals surface area contributed by atoms with Crippen molar-refractivity contribution in [1.82, 2.24) is 24.9 Å². The molecule has 4 aromatic rings. The van der Waals surface area contributed by atoms with Gasteiger partial charge in [-0.15, -0.1) is 0 Å². The van der Waals surface area contributed by atoms with Crippen molar-refractivity contribution >= 4 is 5.78 Å². The standard InChI is InChI=1S/C22H23N5O/c1-15-8-10-17(11-9-15)12-19-16(2)24-22-25-20(26-27(22)21(19)28)14-23-13-18-6-4-3-5-7-18/h3-11,23H,12-14H2,1-2H3,(H,24,25,26). The van der Waals surface area contributed by atoms with Crippen molar-refractivity contribution in [3.63, 3.8) is 0 Å². The van der Waals surface area contributed by atoms with Crippen LogP contribution in [-0.2, 0) is 19.5 Å². The Morgan fingerprint density at radius 2 is 1.68 bits per heavy atom. The van der Waals surface area contributed by atoms with Gasteiger partial charge in [0, 0.05) is 18.5 Å². The predicted octanol–water partition coefficient (Wildman–Crippen LogP) is 2.92. The molecule has 0 amide bonds. The maximum atomic E-state index is 13.0. The molecule has 6 nitrogen and oxygen atoms in total. The van der Waals surface area contributed by atoms with E-state index in [1.165, 1.54) is 15.6 Å². The summed E-state index contributed by atoms with van der Waals surface area (Å²) in [6.07, 6.45) is 0.557. The highest BCUT2D eigenvalue weighted by atomic mass is 16.1. The molecule has 2 heterocycles. The van der Waals surface area contributed by atoms with Crippen LogP contribution >= 0.6 is 0 Å². The maximum Gasteiger partial charge on any atom is 0.277 e. The highest BCUT2D eigenvalue weighted by Gasteiger charge is 2.13. The topological polar surface area (TPSA) is 75.1 Å². The van der Waals surface area contributed by atoms with Crippen molar-refractivity contribution in [2.75, 3.05) is 0 Å². The lowest BCUT2D eigenvalue weighted by molar-refractivity contribution is 0.659. The summed E-state index contributed by atoms with van der Waals surface area (Å²) in [5.74, 6) is 1.10. The van der Waals surface area contributed by atoms with Gasteiger partial charge in [-0.25, -0.2) is 4.98 Å². The minimum atomic E-state index is -0.0927. The third-order valence-electron chi connectivity index (χ3n) is 4.81. The van der Waals surface area contributed by atoms with Gasteiger partial charge in [-0.3, -0.25) is 9.89 Å². The van der Waals surface area contributed by atoms with E-state index in [1.54, 1.807) is 0 Å². The normalized spacial score (nSPS) is 11.2. The SMILES string of the molecule is Cc1ccc(Cc2c(C)nc3nc(CNCc4ccccc4)[nH]n3c2=O)cc1. The first kappa shape index (κ1) is 18.1. The molecular formula is C22H23N5O. The van der Waals surface area contributed by atoms with Crippen LogP contribution in [0.15, 0.2) is 59.4 Å². The van der Waals surface area contributed by atoms with Gasteiger partial charge in [0.1, 0.15) is 5.82 Å². The lowest BCUT2D eigenvalue weighted by atomic mass is 10.0. The maximum absolute atomic E-state index is 13.0. The average Bonchev–Trinajstić information content (AvgIpc) is 3.10. The summed E-state index contributed by atoms with van der Waals surface area (Å²) in [4.78, 5) is 21.9. The molecule has 0 atom stereocenters. The quantitative estimate of drug-likeness (QED) is 0.545. The fraction of sp³-hybridized carbons (Fsp3) is 0.227. The fourth-order valence-corrected chi connectivity index (χ4v) is 3.21. The van der Waals surface area contributed by atoms with E-state index in [9.17, 15) is 4.79 Å². The zero-order valence-electron chi connectivity index (χ0n) is 16.1. The van der Waals surface area contributed by atoms with Crippen LogP contribution in [0.25, 0.3) is 5.78 Å². The summed E-state index contributed by atoms with van der Waals surface area (Å²) in [7, 11) is 0. The first-order chi connectivity index (χ1) is 13.6. The largest absolute Gasteiger partial charge is 0.306 e. The Hall–Kier alpha value is -3.25. The number of hydrogen-bond acceptors (Lipinski definition) is 4. The molecule has 0 aliphatic rings. The highest BCUT2D eigenvalue weighted by molar-refractivity contribution is 5.35. The molecule has 2 aromatic carbocycles. The zero-order chi connectivity index (χ0) is 19.5. The number of H-pyrrole nitrogens is 1. The number of benzene rings is 2. The van der Waals surface area contributed by atoms with Crippen LogP contribution in [0.5, 0.6) is 0 Å². The molecule has 4 rings (SSSR count). The predicted molar refractivity (Wildman–Crippen MR) is 109 cm³/mol. The van der Waals surface area contributed by atoms with Crippen LogP contribution in [0, 0.1) is 13.8 Å². The lowest BCUT2D eigenvalue weighted by Gasteiger charge is -2.05. The van der Waals surface area contributed by atoms with Gasteiger partial charge in [-0.2, -0.15) is 9.50 Å². The van der Waals surface area contributed by atoms with Crippen LogP contribution in [0.1, 0.15) is 33.8 Å². The highest BCUT2D eigenvalue weighted by Crippen LogP contribution is 2.11. The van der Waals surface area contributed by atoms with Gasteiger partial charge in [-0.1, -0.05) is 60.2 Å². The second-order valence-electron chi connectivity index (χ2n) is 7.04. The van der Waals surface area contributed by atoms with E-state index in [2.05, 4.69) is 63.7 Å². The lowest BCUT2D eigenvalue weighted by Crippen LogP contribution is -2.22. The summed E-state index contributed by atoms with van der Waals surface area (Å²) in [6.45, 7) is 5.18. The molecule has 6 heteroatoms. The number of nitrogens with zero attached hydrogens (tertiary/aromatic N) is 3. The van der Waals surface area contributed by atoms with E-state index in [0.29, 0.717) is 30.1 Å². The molecule has 28 heavy (non-hydrogen) atoms. The summed E-state index contributed by atoms with van der Waals surface area (Å²) < 4.78 is 1.44. The van der Waals surface area contributed by atoms with Gasteiger partial charge in [0.05, 0.1) is 12.2 Å². The molecule has 0 fully saturated rings. The van der Waals surface area contributed by atoms with Crippen LogP contribution in [0.3, 0.4) is 0 Å². The fourth-order valence-electron chi connectivity index (χ4n) is 3.21. The summed E-state index contributed by atoms with van der Waals surface area (Å²) in [5.41, 5.74) is 4.81. The molecule has 142 valence electrons. The van der Waals surface area contributed by atoms with Crippen LogP contribution in [-0.4, -0.2) is 19.6 Å². The van der Waals surface area contributed by atoms with Gasteiger partial charge < -0.3 is 5.32 Å². The van der Waals surface area contributed by atoms with E-state index < -0.39 is 0 Å². The Balaban J connectivity index is 1.55. The van der Waals surface area contributed by atoms with Gasteiger partial charge >= 0.3 is 0 Å². The number of fused-ring (bicyclic) bond motifs is 1. The molecule has 0 saturated carbocycles. The molecule has 2 N–H and O–H groups in total. The Morgan fingerprint density at radius 3 is 2.43 bits per heavy atom. The molecular weight excluding hydrogens is 350 g/mol. The third-order valence-corrected chi connectivity index (χ3v) is 4.81. The molecule has 0 radical (unpaired) electrons. The summed E-state index contributed by atoms with van der Waals surface area (Å²) in [5, 5.41) is 6.42. The van der Waals surface area contributed by atoms with Crippen molar-refractivity contribution in [2.45, 2.75) is 33.4 Å². The summed E-state index contributed by atoms with van der Waals surface area (Å²) in [6, 6.07) is 18.4. The Morgan fingerprint density at radius 1 is 0.929 bits per heavy atom. The number of hydrogen-bond donors (Lipinski definition) is 2. The first-order valence-electron chi connectivity index (χ1n) is 9.37. The Bertz CT molecular complexity index is 1140. The molecule has 2 aromatic heterocycles. The first-order valence-corrected chi connectivity index (χ1v) is 9.37. The number of aryl methyl sites for hydroxylation is 2. The van der Waals surface area contributed by atoms with Gasteiger partial charge in [0.15, 0.2) is 0 Å². The van der Waals surface area contributed by atoms with E-state index in [1.807, 2.05) is 25.1 Å². The van der Waals surface area contributed by atoms with Crippen molar-refractivity contribution < 1.29 is 0 Å². The van der Waals surface area contributed by atoms with Crippen molar-refractivity contribution in [3.8, 4) is 0 Å². The van der Waals surface area contributed by atoms with Gasteiger partial charge in [0.2, 0.25) is 0 Å². The molecule has 0 aliphatic carbocycles. The summed E-state index contributed by atoms with van der Waals surface area (Å²) >= 11 is 0. The number of aromatic amines is 1. The number of aromatic nitrogens is 4. The van der Waals surface area contributed by atoms with Crippen molar-refractivity contribution in [1.29, 1.82) is 0 Å². The average molecular weight is 373 g/mol. The van der Waals surface area contributed by atoms with Crippen LogP contribution in [0.4, 0.5) is 0 Å². The molecule has 0 aliphatic heterocycles. The van der Waals surface area contributed by atoms with Crippen LogP contribution in [0.2, 0.25) is 0 Å². The second-order valence-corrected chi connectivity index (χ2v) is 7.04. The molecule has 0 bridgehead atoms. The molecule has 0 unspecified atom stereocenters. The minimum Gasteiger partial charge on any atom is -0.306 e. The van der Waals surface area contributed by atoms with E-state index in [4.69, 9.17) is 0 Å².